The molecule has 1 heterocycles. The van der Waals surface area contributed by atoms with Crippen LogP contribution in [0.4, 0.5) is 5.69 Å². The molecule has 8 nitrogen and oxygen atoms in total. The van der Waals surface area contributed by atoms with Crippen molar-refractivity contribution in [2.45, 2.75) is 19.4 Å². The fourth-order valence-corrected chi connectivity index (χ4v) is 3.02. The SMILES string of the molecule is C#Cc1cccc(NC(=O)CNC(=NC)N2CCN(C(C)(C)C(N)=O)CC2)c1.I. The van der Waals surface area contributed by atoms with E-state index in [1.54, 1.807) is 31.3 Å². The minimum atomic E-state index is -0.685. The number of carbonyl (C=O) groups is 2. The Bertz CT molecular complexity index is 794. The lowest BCUT2D eigenvalue weighted by molar-refractivity contribution is -0.129. The van der Waals surface area contributed by atoms with E-state index in [9.17, 15) is 9.59 Å². The van der Waals surface area contributed by atoms with E-state index in [-0.39, 0.29) is 42.3 Å². The van der Waals surface area contributed by atoms with Crippen LogP contribution in [0.2, 0.25) is 0 Å². The molecule has 0 aliphatic carbocycles. The van der Waals surface area contributed by atoms with Crippen molar-refractivity contribution < 1.29 is 9.59 Å². The average Bonchev–Trinajstić information content (AvgIpc) is 2.68. The molecule has 9 heteroatoms. The number of primary amides is 1. The molecule has 2 amide bonds. The summed E-state index contributed by atoms with van der Waals surface area (Å²) in [7, 11) is 1.68. The minimum absolute atomic E-state index is 0. The van der Waals surface area contributed by atoms with Crippen LogP contribution in [-0.4, -0.2) is 72.9 Å². The molecule has 0 unspecified atom stereocenters. The van der Waals surface area contributed by atoms with E-state index in [0.29, 0.717) is 43.4 Å². The molecular formula is C20H29IN6O2. The van der Waals surface area contributed by atoms with E-state index in [0.717, 1.165) is 0 Å². The number of benzene rings is 1. The summed E-state index contributed by atoms with van der Waals surface area (Å²) >= 11 is 0. The predicted molar refractivity (Wildman–Crippen MR) is 126 cm³/mol. The lowest BCUT2D eigenvalue weighted by Gasteiger charge is -2.43. The second kappa shape index (κ2) is 11.0. The fraction of sp³-hybridized carbons (Fsp3) is 0.450. The van der Waals surface area contributed by atoms with Gasteiger partial charge in [-0.3, -0.25) is 19.5 Å². The molecule has 1 fully saturated rings. The van der Waals surface area contributed by atoms with Crippen LogP contribution in [0.3, 0.4) is 0 Å². The molecule has 0 spiro atoms. The number of aliphatic imine (C=N–C) groups is 1. The number of amides is 2. The molecule has 2 rings (SSSR count). The molecule has 1 aromatic carbocycles. The summed E-state index contributed by atoms with van der Waals surface area (Å²) in [6, 6.07) is 7.12. The predicted octanol–water partition coefficient (Wildman–Crippen LogP) is 0.681. The summed E-state index contributed by atoms with van der Waals surface area (Å²) < 4.78 is 0. The Morgan fingerprint density at radius 3 is 2.48 bits per heavy atom. The monoisotopic (exact) mass is 512 g/mol. The van der Waals surface area contributed by atoms with E-state index in [1.165, 1.54) is 0 Å². The molecule has 1 aromatic rings. The molecule has 4 N–H and O–H groups in total. The lowest BCUT2D eigenvalue weighted by atomic mass is 10.0. The molecule has 1 saturated heterocycles. The first-order chi connectivity index (χ1) is 13.3. The molecule has 0 bridgehead atoms. The molecule has 0 atom stereocenters. The van der Waals surface area contributed by atoms with Gasteiger partial charge in [-0.05, 0) is 32.0 Å². The Labute approximate surface area is 189 Å². The quantitative estimate of drug-likeness (QED) is 0.233. The van der Waals surface area contributed by atoms with Crippen molar-refractivity contribution in [3.63, 3.8) is 0 Å². The van der Waals surface area contributed by atoms with Crippen molar-refractivity contribution >= 4 is 47.4 Å². The van der Waals surface area contributed by atoms with Gasteiger partial charge in [-0.25, -0.2) is 0 Å². The third-order valence-corrected chi connectivity index (χ3v) is 4.90. The zero-order valence-electron chi connectivity index (χ0n) is 17.1. The minimum Gasteiger partial charge on any atom is -0.368 e. The second-order valence-corrected chi connectivity index (χ2v) is 7.07. The van der Waals surface area contributed by atoms with Gasteiger partial charge in [-0.15, -0.1) is 30.4 Å². The number of terminal acetylenes is 1. The fourth-order valence-electron chi connectivity index (χ4n) is 3.02. The van der Waals surface area contributed by atoms with E-state index < -0.39 is 5.54 Å². The Kier molecular flexibility index (Phi) is 9.39. The van der Waals surface area contributed by atoms with Gasteiger partial charge in [0.2, 0.25) is 11.8 Å². The van der Waals surface area contributed by atoms with Crippen molar-refractivity contribution in [1.82, 2.24) is 15.1 Å². The molecular weight excluding hydrogens is 483 g/mol. The first kappa shape index (κ1) is 24.7. The molecule has 1 aliphatic rings. The van der Waals surface area contributed by atoms with Gasteiger partial charge in [0.15, 0.2) is 5.96 Å². The normalized spacial score (nSPS) is 15.1. The highest BCUT2D eigenvalue weighted by atomic mass is 127. The summed E-state index contributed by atoms with van der Waals surface area (Å²) in [6.45, 7) is 6.48. The van der Waals surface area contributed by atoms with Gasteiger partial charge < -0.3 is 21.3 Å². The summed E-state index contributed by atoms with van der Waals surface area (Å²) in [5.74, 6) is 2.65. The van der Waals surface area contributed by atoms with E-state index in [4.69, 9.17) is 12.2 Å². The molecule has 158 valence electrons. The number of nitrogens with one attached hydrogen (secondary N) is 2. The third kappa shape index (κ3) is 6.61. The van der Waals surface area contributed by atoms with Crippen molar-refractivity contribution in [3.8, 4) is 12.3 Å². The maximum atomic E-state index is 12.2. The van der Waals surface area contributed by atoms with Crippen LogP contribution in [0.15, 0.2) is 29.3 Å². The van der Waals surface area contributed by atoms with Gasteiger partial charge in [0, 0.05) is 44.5 Å². The van der Waals surface area contributed by atoms with E-state index in [2.05, 4.69) is 31.3 Å². The summed E-state index contributed by atoms with van der Waals surface area (Å²) in [4.78, 5) is 32.2. The second-order valence-electron chi connectivity index (χ2n) is 7.07. The largest absolute Gasteiger partial charge is 0.368 e. The number of hydrogen-bond donors (Lipinski definition) is 3. The van der Waals surface area contributed by atoms with Crippen LogP contribution < -0.4 is 16.4 Å². The maximum absolute atomic E-state index is 12.2. The van der Waals surface area contributed by atoms with Gasteiger partial charge in [0.05, 0.1) is 12.1 Å². The van der Waals surface area contributed by atoms with E-state index >= 15 is 0 Å². The number of hydrogen-bond acceptors (Lipinski definition) is 4. The van der Waals surface area contributed by atoms with Crippen LogP contribution in [-0.2, 0) is 9.59 Å². The van der Waals surface area contributed by atoms with Gasteiger partial charge >= 0.3 is 0 Å². The topological polar surface area (TPSA) is 103 Å². The first-order valence-electron chi connectivity index (χ1n) is 9.15. The van der Waals surface area contributed by atoms with Crippen LogP contribution >= 0.6 is 24.0 Å². The summed E-state index contributed by atoms with van der Waals surface area (Å²) in [5, 5.41) is 5.89. The lowest BCUT2D eigenvalue weighted by Crippen LogP contribution is -2.61. The van der Waals surface area contributed by atoms with Crippen molar-refractivity contribution in [2.75, 3.05) is 45.1 Å². The van der Waals surface area contributed by atoms with Crippen LogP contribution in [0.5, 0.6) is 0 Å². The molecule has 0 radical (unpaired) electrons. The third-order valence-electron chi connectivity index (χ3n) is 4.90. The molecule has 1 aliphatic heterocycles. The number of halogens is 1. The van der Waals surface area contributed by atoms with Crippen molar-refractivity contribution in [2.24, 2.45) is 10.7 Å². The Morgan fingerprint density at radius 2 is 1.93 bits per heavy atom. The number of nitrogens with two attached hydrogens (primary N) is 1. The number of piperazine rings is 1. The van der Waals surface area contributed by atoms with Gasteiger partial charge in [0.1, 0.15) is 0 Å². The number of anilines is 1. The molecule has 29 heavy (non-hydrogen) atoms. The highest BCUT2D eigenvalue weighted by molar-refractivity contribution is 14.0. The zero-order chi connectivity index (χ0) is 20.7. The highest BCUT2D eigenvalue weighted by Gasteiger charge is 2.35. The van der Waals surface area contributed by atoms with Crippen LogP contribution in [0.25, 0.3) is 0 Å². The number of rotatable bonds is 5. The summed E-state index contributed by atoms with van der Waals surface area (Å²) in [6.07, 6.45) is 5.38. The smallest absolute Gasteiger partial charge is 0.243 e. The number of carbonyl (C=O) groups excluding carboxylic acids is 2. The van der Waals surface area contributed by atoms with Gasteiger partial charge in [0.25, 0.3) is 0 Å². The van der Waals surface area contributed by atoms with Crippen molar-refractivity contribution in [1.29, 1.82) is 0 Å². The van der Waals surface area contributed by atoms with Crippen LogP contribution in [0.1, 0.15) is 19.4 Å². The Hall–Kier alpha value is -2.32. The highest BCUT2D eigenvalue weighted by Crippen LogP contribution is 2.16. The molecule has 0 aromatic heterocycles. The number of guanidine groups is 1. The maximum Gasteiger partial charge on any atom is 0.243 e. The van der Waals surface area contributed by atoms with Crippen LogP contribution in [0, 0.1) is 12.3 Å². The summed E-state index contributed by atoms with van der Waals surface area (Å²) in [5.41, 5.74) is 6.17. The van der Waals surface area contributed by atoms with Gasteiger partial charge in [-0.1, -0.05) is 12.0 Å². The van der Waals surface area contributed by atoms with Gasteiger partial charge in [-0.2, -0.15) is 0 Å². The first-order valence-corrected chi connectivity index (χ1v) is 9.15. The average molecular weight is 512 g/mol. The van der Waals surface area contributed by atoms with E-state index in [1.807, 2.05) is 13.8 Å². The zero-order valence-corrected chi connectivity index (χ0v) is 19.4. The Morgan fingerprint density at radius 1 is 1.28 bits per heavy atom. The van der Waals surface area contributed by atoms with Crippen molar-refractivity contribution in [3.05, 3.63) is 29.8 Å². The molecule has 0 saturated carbocycles. The standard InChI is InChI=1S/C20H28N6O2.HI/c1-5-15-7-6-8-16(13-15)24-17(27)14-23-19(22-4)25-9-11-26(12-10-25)20(2,3)18(21)28;/h1,6-8,13H,9-12,14H2,2-4H3,(H2,21,28)(H,22,23)(H,24,27);1H. The Balaban J connectivity index is 0.00000420. The number of nitrogens with zero attached hydrogens (tertiary/aromatic N) is 3.